The molecule has 2 rings (SSSR count). The first-order chi connectivity index (χ1) is 10.8. The Kier molecular flexibility index (Phi) is 7.38. The zero-order valence-corrected chi connectivity index (χ0v) is 15.3. The molecule has 0 aromatic heterocycles. The Labute approximate surface area is 151 Å². The van der Waals surface area contributed by atoms with E-state index in [1.54, 1.807) is 24.3 Å². The molecule has 0 bridgehead atoms. The summed E-state index contributed by atoms with van der Waals surface area (Å²) < 4.78 is 0. The third-order valence-corrected chi connectivity index (χ3v) is 3.58. The van der Waals surface area contributed by atoms with Gasteiger partial charge in [-0.2, -0.15) is 0 Å². The van der Waals surface area contributed by atoms with Crippen LogP contribution in [0.3, 0.4) is 0 Å². The van der Waals surface area contributed by atoms with Gasteiger partial charge in [-0.15, -0.1) is 0 Å². The average molecular weight is 348 g/mol. The van der Waals surface area contributed by atoms with E-state index in [9.17, 15) is 10.2 Å². The van der Waals surface area contributed by atoms with Gasteiger partial charge in [0.05, 0.1) is 0 Å². The molecule has 0 atom stereocenters. The highest BCUT2D eigenvalue weighted by molar-refractivity contribution is 5.43. The van der Waals surface area contributed by atoms with Crippen LogP contribution in [0.2, 0.25) is 0 Å². The van der Waals surface area contributed by atoms with Gasteiger partial charge < -0.3 is 20.4 Å². The lowest BCUT2D eigenvalue weighted by molar-refractivity contribution is 0.430. The Morgan fingerprint density at radius 2 is 0.840 bits per heavy atom. The number of hydrogen-bond acceptors (Lipinski definition) is 4. The predicted molar refractivity (Wildman–Crippen MR) is 104 cm³/mol. The highest BCUT2D eigenvalue weighted by Crippen LogP contribution is 2.33. The summed E-state index contributed by atoms with van der Waals surface area (Å²) in [5.74, 6) is 0.506. The maximum Gasteiger partial charge on any atom is 0.122 e. The minimum absolute atomic E-state index is 0. The summed E-state index contributed by atoms with van der Waals surface area (Å²) >= 11 is 0. The molecule has 0 amide bonds. The van der Waals surface area contributed by atoms with Crippen molar-refractivity contribution in [2.75, 3.05) is 0 Å². The van der Waals surface area contributed by atoms with Crippen LogP contribution in [0, 0.1) is 0 Å². The van der Waals surface area contributed by atoms with Gasteiger partial charge >= 0.3 is 0 Å². The second-order valence-electron chi connectivity index (χ2n) is 7.90. The third-order valence-electron chi connectivity index (χ3n) is 3.58. The van der Waals surface area contributed by atoms with Gasteiger partial charge in [0.25, 0.3) is 0 Å². The van der Waals surface area contributed by atoms with Crippen molar-refractivity contribution in [3.63, 3.8) is 0 Å². The van der Waals surface area contributed by atoms with Gasteiger partial charge in [0.15, 0.2) is 0 Å². The molecular weight excluding hydrogens is 316 g/mol. The first kappa shape index (κ1) is 22.6. The Morgan fingerprint density at radius 1 is 0.560 bits per heavy atom. The molecule has 2 aromatic rings. The summed E-state index contributed by atoms with van der Waals surface area (Å²) in [7, 11) is 0. The highest BCUT2D eigenvalue weighted by Gasteiger charge is 2.18. The number of hydrogen-bond donors (Lipinski definition) is 4. The first-order valence-corrected chi connectivity index (χ1v) is 7.87. The second kappa shape index (κ2) is 8.15. The fourth-order valence-electron chi connectivity index (χ4n) is 2.31. The van der Waals surface area contributed by atoms with Gasteiger partial charge in [0.1, 0.15) is 23.0 Å². The summed E-state index contributed by atoms with van der Waals surface area (Å²) in [6, 6.07) is 9.37. The van der Waals surface area contributed by atoms with Gasteiger partial charge in [0, 0.05) is 12.1 Å². The van der Waals surface area contributed by atoms with Crippen LogP contribution in [-0.4, -0.2) is 20.4 Å². The van der Waals surface area contributed by atoms with Crippen molar-refractivity contribution < 1.29 is 20.4 Å². The first-order valence-electron chi connectivity index (χ1n) is 7.87. The molecule has 0 aliphatic heterocycles. The summed E-state index contributed by atoms with van der Waals surface area (Å²) in [6.07, 6.45) is 0. The van der Waals surface area contributed by atoms with E-state index in [0.717, 1.165) is 11.1 Å². The molecule has 0 fully saturated rings. The van der Waals surface area contributed by atoms with Crippen molar-refractivity contribution in [1.29, 1.82) is 0 Å². The van der Waals surface area contributed by atoms with E-state index < -0.39 is 0 Å². The van der Waals surface area contributed by atoms with Gasteiger partial charge in [-0.1, -0.05) is 61.1 Å². The van der Waals surface area contributed by atoms with Crippen molar-refractivity contribution in [2.24, 2.45) is 0 Å². The molecule has 140 valence electrons. The minimum Gasteiger partial charge on any atom is -0.508 e. The molecule has 0 saturated carbocycles. The maximum atomic E-state index is 9.47. The van der Waals surface area contributed by atoms with Gasteiger partial charge in [-0.3, -0.25) is 0 Å². The molecule has 4 nitrogen and oxygen atoms in total. The Balaban J connectivity index is 0.000000443. The monoisotopic (exact) mass is 348 g/mol. The van der Waals surface area contributed by atoms with Crippen molar-refractivity contribution in [2.45, 2.75) is 59.8 Å². The Bertz CT molecular complexity index is 631. The van der Waals surface area contributed by atoms with Crippen molar-refractivity contribution in [3.8, 4) is 23.0 Å². The van der Waals surface area contributed by atoms with E-state index in [-0.39, 0.29) is 41.3 Å². The summed E-state index contributed by atoms with van der Waals surface area (Å²) in [4.78, 5) is 0. The molecule has 0 heterocycles. The van der Waals surface area contributed by atoms with Crippen LogP contribution >= 0.6 is 0 Å². The van der Waals surface area contributed by atoms with E-state index in [2.05, 4.69) is 0 Å². The molecule has 0 saturated heterocycles. The molecular formula is C21H32O4. The van der Waals surface area contributed by atoms with Gasteiger partial charge in [-0.25, -0.2) is 0 Å². The van der Waals surface area contributed by atoms with Crippen molar-refractivity contribution in [3.05, 3.63) is 47.5 Å². The average Bonchev–Trinajstić information content (AvgIpc) is 2.35. The zero-order valence-electron chi connectivity index (χ0n) is 15.3. The van der Waals surface area contributed by atoms with E-state index in [1.165, 1.54) is 12.1 Å². The maximum absolute atomic E-state index is 9.47. The predicted octanol–water partition coefficient (Wildman–Crippen LogP) is 5.43. The van der Waals surface area contributed by atoms with Gasteiger partial charge in [0.2, 0.25) is 0 Å². The number of rotatable bonds is 0. The van der Waals surface area contributed by atoms with Crippen LogP contribution in [-0.2, 0) is 10.8 Å². The van der Waals surface area contributed by atoms with Gasteiger partial charge in [-0.05, 0) is 34.1 Å². The molecule has 0 aliphatic carbocycles. The summed E-state index contributed by atoms with van der Waals surface area (Å²) in [5, 5.41) is 37.0. The molecule has 0 spiro atoms. The molecule has 0 radical (unpaired) electrons. The number of benzene rings is 2. The van der Waals surface area contributed by atoms with Crippen LogP contribution in [0.15, 0.2) is 36.4 Å². The van der Waals surface area contributed by atoms with Crippen LogP contribution < -0.4 is 0 Å². The van der Waals surface area contributed by atoms with Crippen LogP contribution in [0.5, 0.6) is 23.0 Å². The molecule has 0 aliphatic rings. The second-order valence-corrected chi connectivity index (χ2v) is 7.90. The molecule has 4 heteroatoms. The molecule has 4 N–H and O–H groups in total. The molecule has 2 aromatic carbocycles. The fraction of sp³-hybridized carbons (Fsp3) is 0.429. The normalized spacial score (nSPS) is 11.1. The Morgan fingerprint density at radius 3 is 1.04 bits per heavy atom. The van der Waals surface area contributed by atoms with E-state index in [1.807, 2.05) is 41.5 Å². The van der Waals surface area contributed by atoms with E-state index >= 15 is 0 Å². The van der Waals surface area contributed by atoms with Crippen molar-refractivity contribution in [1.82, 2.24) is 0 Å². The van der Waals surface area contributed by atoms with Crippen molar-refractivity contribution >= 4 is 0 Å². The third kappa shape index (κ3) is 6.57. The smallest absolute Gasteiger partial charge is 0.122 e. The summed E-state index contributed by atoms with van der Waals surface area (Å²) in [5.41, 5.74) is 1.52. The van der Waals surface area contributed by atoms with E-state index in [4.69, 9.17) is 10.2 Å². The largest absolute Gasteiger partial charge is 0.508 e. The zero-order chi connectivity index (χ0) is 18.7. The fourth-order valence-corrected chi connectivity index (χ4v) is 2.31. The molecule has 0 unspecified atom stereocenters. The number of aromatic hydroxyl groups is 4. The lowest BCUT2D eigenvalue weighted by Crippen LogP contribution is -2.10. The van der Waals surface area contributed by atoms with Crippen LogP contribution in [0.1, 0.15) is 60.1 Å². The number of phenols is 4. The lowest BCUT2D eigenvalue weighted by atomic mass is 9.86. The van der Waals surface area contributed by atoms with Crippen LogP contribution in [0.4, 0.5) is 0 Å². The standard InChI is InChI=1S/2C10H14O2.CH4/c2*1-10(2,3)8-5-4-7(11)6-9(8)12;/h2*4-6,11-12H,1-3H3;1H4. The topological polar surface area (TPSA) is 80.9 Å². The highest BCUT2D eigenvalue weighted by atomic mass is 16.3. The van der Waals surface area contributed by atoms with Crippen LogP contribution in [0.25, 0.3) is 0 Å². The summed E-state index contributed by atoms with van der Waals surface area (Å²) in [6.45, 7) is 12.1. The molecule has 25 heavy (non-hydrogen) atoms. The lowest BCUT2D eigenvalue weighted by Gasteiger charge is -2.20. The SMILES string of the molecule is C.CC(C)(C)c1ccc(O)cc1O.CC(C)(C)c1ccc(O)cc1O. The quantitative estimate of drug-likeness (QED) is 0.512. The Hall–Kier alpha value is -2.36. The van der Waals surface area contributed by atoms with E-state index in [0.29, 0.717) is 0 Å². The minimum atomic E-state index is -0.0855. The number of phenolic OH excluding ortho intramolecular Hbond substituents is 4.